The lowest BCUT2D eigenvalue weighted by molar-refractivity contribution is -0.137. The molecule has 7 nitrogen and oxygen atoms in total. The third-order valence-electron chi connectivity index (χ3n) is 4.72. The summed E-state index contributed by atoms with van der Waals surface area (Å²) in [4.78, 5) is 11.3. The van der Waals surface area contributed by atoms with Crippen molar-refractivity contribution in [3.63, 3.8) is 0 Å². The Morgan fingerprint density at radius 2 is 1.75 bits per heavy atom. The molecule has 0 bridgehead atoms. The summed E-state index contributed by atoms with van der Waals surface area (Å²) in [5, 5.41) is 28.9. The molecule has 24 heavy (non-hydrogen) atoms. The van der Waals surface area contributed by atoms with Crippen molar-refractivity contribution in [1.82, 2.24) is 0 Å². The fourth-order valence-corrected chi connectivity index (χ4v) is 2.60. The van der Waals surface area contributed by atoms with E-state index in [2.05, 4.69) is 0 Å². The van der Waals surface area contributed by atoms with Crippen molar-refractivity contribution in [2.75, 3.05) is 7.11 Å². The molecular formula is C16H23BO7. The summed E-state index contributed by atoms with van der Waals surface area (Å²) in [5.74, 6) is -2.44. The molecule has 0 spiro atoms. The maximum Gasteiger partial charge on any atom is 0.466 e. The molecular weight excluding hydrogens is 315 g/mol. The molecule has 1 fully saturated rings. The fourth-order valence-electron chi connectivity index (χ4n) is 2.60. The number of hydrogen-bond donors (Lipinski definition) is 3. The molecule has 8 heteroatoms. The number of benzene rings is 1. The van der Waals surface area contributed by atoms with Gasteiger partial charge >= 0.3 is 13.1 Å². The second-order valence-electron chi connectivity index (χ2n) is 6.92. The zero-order valence-corrected chi connectivity index (χ0v) is 14.5. The van der Waals surface area contributed by atoms with Gasteiger partial charge in [0.1, 0.15) is 0 Å². The van der Waals surface area contributed by atoms with Crippen LogP contribution in [0, 0.1) is 0 Å². The van der Waals surface area contributed by atoms with Crippen LogP contribution < -0.4 is 4.74 Å². The highest BCUT2D eigenvalue weighted by Crippen LogP contribution is 2.44. The summed E-state index contributed by atoms with van der Waals surface area (Å²) in [5.41, 5.74) is -0.780. The third kappa shape index (κ3) is 3.30. The number of phenols is 2. The molecule has 0 radical (unpaired) electrons. The van der Waals surface area contributed by atoms with Gasteiger partial charge in [0.2, 0.25) is 5.75 Å². The van der Waals surface area contributed by atoms with E-state index in [1.807, 2.05) is 27.7 Å². The topological polar surface area (TPSA) is 105 Å². The molecule has 0 amide bonds. The van der Waals surface area contributed by atoms with Crippen LogP contribution in [-0.2, 0) is 14.1 Å². The van der Waals surface area contributed by atoms with Gasteiger partial charge in [-0.1, -0.05) is 0 Å². The standard InChI is InChI=1S/C16H23BO7/c1-15(2)16(3,4)24-17(23-15)10(8-13(19)20)9-6-11(18)14(21)12(7-9)22-5/h6-7,10,18,21H,8H2,1-5H3,(H,19,20). The highest BCUT2D eigenvalue weighted by Gasteiger charge is 2.54. The first-order valence-corrected chi connectivity index (χ1v) is 7.66. The molecule has 1 heterocycles. The minimum absolute atomic E-state index is 0.0527. The van der Waals surface area contributed by atoms with E-state index < -0.39 is 41.6 Å². The summed E-state index contributed by atoms with van der Waals surface area (Å²) in [6, 6.07) is 2.78. The third-order valence-corrected chi connectivity index (χ3v) is 4.72. The van der Waals surface area contributed by atoms with Gasteiger partial charge < -0.3 is 29.4 Å². The van der Waals surface area contributed by atoms with Gasteiger partial charge in [0.15, 0.2) is 11.5 Å². The normalized spacial score (nSPS) is 20.0. The number of hydrogen-bond acceptors (Lipinski definition) is 6. The zero-order valence-electron chi connectivity index (χ0n) is 14.5. The van der Waals surface area contributed by atoms with Crippen molar-refractivity contribution in [2.45, 2.75) is 51.1 Å². The Morgan fingerprint density at radius 3 is 2.21 bits per heavy atom. The van der Waals surface area contributed by atoms with E-state index in [1.54, 1.807) is 0 Å². The van der Waals surface area contributed by atoms with Gasteiger partial charge in [0.25, 0.3) is 0 Å². The number of carboxylic acids is 1. The SMILES string of the molecule is COc1cc(C(CC(=O)O)B2OC(C)(C)C(C)(C)O2)cc(O)c1O. The Labute approximate surface area is 141 Å². The summed E-state index contributed by atoms with van der Waals surface area (Å²) < 4.78 is 16.9. The van der Waals surface area contributed by atoms with Gasteiger partial charge in [-0.05, 0) is 45.4 Å². The number of methoxy groups -OCH3 is 1. The number of aromatic hydroxyl groups is 2. The Morgan fingerprint density at radius 1 is 1.21 bits per heavy atom. The molecule has 1 unspecified atom stereocenters. The van der Waals surface area contributed by atoms with Gasteiger partial charge in [-0.15, -0.1) is 0 Å². The predicted molar refractivity (Wildman–Crippen MR) is 87.4 cm³/mol. The average molecular weight is 338 g/mol. The molecule has 3 N–H and O–H groups in total. The summed E-state index contributed by atoms with van der Waals surface area (Å²) >= 11 is 0. The molecule has 1 saturated heterocycles. The van der Waals surface area contributed by atoms with Gasteiger partial charge in [-0.2, -0.15) is 0 Å². The number of aliphatic carboxylic acids is 1. The molecule has 2 rings (SSSR count). The highest BCUT2D eigenvalue weighted by molar-refractivity contribution is 6.48. The first kappa shape index (κ1) is 18.4. The van der Waals surface area contributed by atoms with Crippen LogP contribution in [0.2, 0.25) is 0 Å². The maximum atomic E-state index is 11.3. The number of phenolic OH excluding ortho intramolecular Hbond substituents is 2. The maximum absolute atomic E-state index is 11.3. The monoisotopic (exact) mass is 338 g/mol. The van der Waals surface area contributed by atoms with Crippen molar-refractivity contribution < 1.29 is 34.2 Å². The largest absolute Gasteiger partial charge is 0.504 e. The fraction of sp³-hybridized carbons (Fsp3) is 0.562. The van der Waals surface area contributed by atoms with Crippen LogP contribution in [0.3, 0.4) is 0 Å². The molecule has 1 aliphatic heterocycles. The molecule has 1 aromatic carbocycles. The number of carbonyl (C=O) groups is 1. The van der Waals surface area contributed by atoms with E-state index in [9.17, 15) is 20.1 Å². The van der Waals surface area contributed by atoms with Crippen molar-refractivity contribution in [1.29, 1.82) is 0 Å². The molecule has 0 aliphatic carbocycles. The Hall–Kier alpha value is -1.93. The lowest BCUT2D eigenvalue weighted by atomic mass is 9.66. The van der Waals surface area contributed by atoms with Gasteiger partial charge in [0, 0.05) is 5.82 Å². The Kier molecular flexibility index (Phi) is 4.74. The molecule has 0 aromatic heterocycles. The number of ether oxygens (including phenoxy) is 1. The van der Waals surface area contributed by atoms with Gasteiger partial charge in [-0.3, -0.25) is 4.79 Å². The molecule has 1 atom stereocenters. The van der Waals surface area contributed by atoms with E-state index in [0.717, 1.165) is 0 Å². The van der Waals surface area contributed by atoms with Crippen LogP contribution in [0.4, 0.5) is 0 Å². The van der Waals surface area contributed by atoms with Gasteiger partial charge in [-0.25, -0.2) is 0 Å². The van der Waals surface area contributed by atoms with E-state index in [4.69, 9.17) is 14.0 Å². The summed E-state index contributed by atoms with van der Waals surface area (Å²) in [7, 11) is 0.541. The van der Waals surface area contributed by atoms with Crippen molar-refractivity contribution in [3.05, 3.63) is 17.7 Å². The summed E-state index contributed by atoms with van der Waals surface area (Å²) in [6.07, 6.45) is -0.260. The van der Waals surface area contributed by atoms with Crippen LogP contribution in [0.25, 0.3) is 0 Å². The second kappa shape index (κ2) is 6.18. The molecule has 1 aromatic rings. The van der Waals surface area contributed by atoms with Crippen LogP contribution in [-0.4, -0.2) is 46.7 Å². The van der Waals surface area contributed by atoms with E-state index in [-0.39, 0.29) is 12.2 Å². The second-order valence-corrected chi connectivity index (χ2v) is 6.92. The Bertz CT molecular complexity index is 626. The van der Waals surface area contributed by atoms with Crippen LogP contribution in [0.1, 0.15) is 45.5 Å². The lowest BCUT2D eigenvalue weighted by Crippen LogP contribution is -2.41. The minimum Gasteiger partial charge on any atom is -0.504 e. The highest BCUT2D eigenvalue weighted by atomic mass is 16.7. The predicted octanol–water partition coefficient (Wildman–Crippen LogP) is 2.30. The van der Waals surface area contributed by atoms with Gasteiger partial charge in [0.05, 0.1) is 24.7 Å². The Balaban J connectivity index is 2.44. The van der Waals surface area contributed by atoms with Crippen LogP contribution in [0.15, 0.2) is 12.1 Å². The lowest BCUT2D eigenvalue weighted by Gasteiger charge is -2.32. The van der Waals surface area contributed by atoms with E-state index >= 15 is 0 Å². The van der Waals surface area contributed by atoms with Crippen molar-refractivity contribution in [2.24, 2.45) is 0 Å². The minimum atomic E-state index is -1.03. The van der Waals surface area contributed by atoms with Crippen LogP contribution in [0.5, 0.6) is 17.2 Å². The van der Waals surface area contributed by atoms with Crippen molar-refractivity contribution >= 4 is 13.1 Å². The summed E-state index contributed by atoms with van der Waals surface area (Å²) in [6.45, 7) is 7.50. The van der Waals surface area contributed by atoms with Crippen molar-refractivity contribution in [3.8, 4) is 17.2 Å². The first-order valence-electron chi connectivity index (χ1n) is 7.66. The molecule has 0 saturated carbocycles. The molecule has 132 valence electrons. The first-order chi connectivity index (χ1) is 11.0. The quantitative estimate of drug-likeness (QED) is 0.559. The number of carboxylic acid groups (broad SMARTS) is 1. The number of rotatable bonds is 5. The van der Waals surface area contributed by atoms with E-state index in [0.29, 0.717) is 5.56 Å². The molecule has 1 aliphatic rings. The average Bonchev–Trinajstić information content (AvgIpc) is 2.67. The zero-order chi connectivity index (χ0) is 18.3. The smallest absolute Gasteiger partial charge is 0.466 e. The van der Waals surface area contributed by atoms with Crippen LogP contribution >= 0.6 is 0 Å². The van der Waals surface area contributed by atoms with E-state index in [1.165, 1.54) is 19.2 Å².